The molecule has 0 aliphatic rings. The van der Waals surface area contributed by atoms with Gasteiger partial charge in [-0.15, -0.1) is 0 Å². The van der Waals surface area contributed by atoms with Crippen molar-refractivity contribution in [2.75, 3.05) is 0 Å². The molecule has 3 heteroatoms. The molecular weight excluding hydrogens is 175 g/mol. The Kier molecular flexibility index (Phi) is 8.56. The molecule has 0 aromatic carbocycles. The zero-order valence-electron chi connectivity index (χ0n) is 10.3. The summed E-state index contributed by atoms with van der Waals surface area (Å²) >= 11 is 0. The van der Waals surface area contributed by atoms with Gasteiger partial charge in [0.2, 0.25) is 0 Å². The fraction of sp³-hybridized carbons (Fsp3) is 1.00. The predicted octanol–water partition coefficient (Wildman–Crippen LogP) is 2.29. The summed E-state index contributed by atoms with van der Waals surface area (Å²) < 4.78 is 0. The van der Waals surface area contributed by atoms with Gasteiger partial charge in [-0.05, 0) is 27.7 Å². The second-order valence-electron chi connectivity index (χ2n) is 4.61. The van der Waals surface area contributed by atoms with Crippen LogP contribution in [-0.2, 0) is 0 Å². The lowest BCUT2D eigenvalue weighted by Crippen LogP contribution is -2.44. The van der Waals surface area contributed by atoms with Gasteiger partial charge in [0.05, 0.1) is 19.0 Å². The average molecular weight is 200 g/mol. The van der Waals surface area contributed by atoms with E-state index in [-0.39, 0.29) is 0 Å². The van der Waals surface area contributed by atoms with Gasteiger partial charge in [-0.3, -0.25) is 0 Å². The molecule has 0 saturated carbocycles. The normalized spacial score (nSPS) is 11.9. The minimum atomic E-state index is -1.01. The van der Waals surface area contributed by atoms with Crippen LogP contribution in [-0.4, -0.2) is 29.3 Å². The smallest absolute Gasteiger partial charge is 0.0872 e. The highest BCUT2D eigenvalue weighted by Crippen LogP contribution is 2.19. The summed E-state index contributed by atoms with van der Waals surface area (Å²) in [5.41, 5.74) is -2.01. The van der Waals surface area contributed by atoms with E-state index in [9.17, 15) is 0 Å². The predicted molar refractivity (Wildman–Crippen MR) is 62.7 cm³/mol. The van der Waals surface area contributed by atoms with Crippen LogP contribution in [0.15, 0.2) is 0 Å². The lowest BCUT2D eigenvalue weighted by molar-refractivity contribution is -0.107. The summed E-state index contributed by atoms with van der Waals surface area (Å²) in [5, 5.41) is 18.2. The largest absolute Gasteiger partial charge is 0.387 e. The fourth-order valence-electron chi connectivity index (χ4n) is 0.394. The molecule has 0 aromatic heterocycles. The zero-order valence-corrected chi connectivity index (χ0v) is 10.3. The maximum Gasteiger partial charge on any atom is 0.0872 e. The second kappa shape index (κ2) is 7.30. The SMILES string of the molecule is CC(C)(O)C(C)(C)O.[B]CCCCC. The zero-order chi connectivity index (χ0) is 11.8. The molecule has 0 amide bonds. The Labute approximate surface area is 90.1 Å². The Balaban J connectivity index is 0. The van der Waals surface area contributed by atoms with Gasteiger partial charge in [0.15, 0.2) is 0 Å². The van der Waals surface area contributed by atoms with Gasteiger partial charge >= 0.3 is 0 Å². The van der Waals surface area contributed by atoms with Gasteiger partial charge < -0.3 is 10.2 Å². The molecular formula is C11H25BO2. The van der Waals surface area contributed by atoms with Crippen molar-refractivity contribution in [1.29, 1.82) is 0 Å². The van der Waals surface area contributed by atoms with Crippen LogP contribution in [0.25, 0.3) is 0 Å². The van der Waals surface area contributed by atoms with Gasteiger partial charge in [0.1, 0.15) is 0 Å². The molecule has 0 bridgehead atoms. The van der Waals surface area contributed by atoms with Crippen molar-refractivity contribution in [1.82, 2.24) is 0 Å². The van der Waals surface area contributed by atoms with Crippen molar-refractivity contribution in [2.24, 2.45) is 0 Å². The monoisotopic (exact) mass is 200 g/mol. The third kappa shape index (κ3) is 10.1. The summed E-state index contributed by atoms with van der Waals surface area (Å²) in [7, 11) is 5.21. The van der Waals surface area contributed by atoms with Crippen LogP contribution in [0.4, 0.5) is 0 Å². The molecule has 84 valence electrons. The molecule has 0 fully saturated rings. The average Bonchev–Trinajstić information content (AvgIpc) is 1.98. The first kappa shape index (κ1) is 16.4. The Morgan fingerprint density at radius 2 is 1.29 bits per heavy atom. The van der Waals surface area contributed by atoms with E-state index in [1.807, 2.05) is 0 Å². The Morgan fingerprint density at radius 1 is 0.929 bits per heavy atom. The van der Waals surface area contributed by atoms with E-state index < -0.39 is 11.2 Å². The Morgan fingerprint density at radius 3 is 1.36 bits per heavy atom. The molecule has 0 aromatic rings. The van der Waals surface area contributed by atoms with E-state index in [0.29, 0.717) is 0 Å². The maximum atomic E-state index is 9.10. The first-order chi connectivity index (χ1) is 6.16. The van der Waals surface area contributed by atoms with Crippen LogP contribution < -0.4 is 0 Å². The molecule has 0 unspecified atom stereocenters. The molecule has 0 atom stereocenters. The fourth-order valence-corrected chi connectivity index (χ4v) is 0.394. The van der Waals surface area contributed by atoms with Crippen molar-refractivity contribution in [3.05, 3.63) is 0 Å². The molecule has 0 rings (SSSR count). The summed E-state index contributed by atoms with van der Waals surface area (Å²) in [4.78, 5) is 0. The maximum absolute atomic E-state index is 9.10. The van der Waals surface area contributed by atoms with Crippen LogP contribution in [0.3, 0.4) is 0 Å². The first-order valence-electron chi connectivity index (χ1n) is 5.31. The molecule has 0 aliphatic carbocycles. The number of unbranched alkanes of at least 4 members (excludes halogenated alkanes) is 2. The highest BCUT2D eigenvalue weighted by molar-refractivity contribution is 6.08. The number of aliphatic hydroxyl groups is 2. The molecule has 0 aliphatic heterocycles. The molecule has 0 saturated heterocycles. The van der Waals surface area contributed by atoms with Gasteiger partial charge in [-0.25, -0.2) is 0 Å². The van der Waals surface area contributed by atoms with Gasteiger partial charge in [0, 0.05) is 0 Å². The Bertz CT molecular complexity index is 106. The van der Waals surface area contributed by atoms with E-state index in [1.54, 1.807) is 27.7 Å². The van der Waals surface area contributed by atoms with E-state index in [4.69, 9.17) is 18.1 Å². The number of hydrogen-bond donors (Lipinski definition) is 2. The minimum Gasteiger partial charge on any atom is -0.387 e. The van der Waals surface area contributed by atoms with Crippen LogP contribution in [0.1, 0.15) is 53.9 Å². The Hall–Kier alpha value is -0.0151. The molecule has 2 N–H and O–H groups in total. The van der Waals surface area contributed by atoms with Crippen molar-refractivity contribution in [2.45, 2.75) is 71.4 Å². The summed E-state index contributed by atoms with van der Waals surface area (Å²) in [6.45, 7) is 8.48. The van der Waals surface area contributed by atoms with E-state index in [1.165, 1.54) is 19.3 Å². The molecule has 2 nitrogen and oxygen atoms in total. The first-order valence-corrected chi connectivity index (χ1v) is 5.31. The second-order valence-corrected chi connectivity index (χ2v) is 4.61. The van der Waals surface area contributed by atoms with Crippen LogP contribution in [0, 0.1) is 0 Å². The lowest BCUT2D eigenvalue weighted by atomic mass is 9.90. The van der Waals surface area contributed by atoms with Crippen LogP contribution in [0.5, 0.6) is 0 Å². The highest BCUT2D eigenvalue weighted by atomic mass is 16.3. The number of rotatable bonds is 4. The van der Waals surface area contributed by atoms with E-state index in [2.05, 4.69) is 6.92 Å². The van der Waals surface area contributed by atoms with E-state index >= 15 is 0 Å². The topological polar surface area (TPSA) is 40.5 Å². The molecule has 2 radical (unpaired) electrons. The summed E-state index contributed by atoms with van der Waals surface area (Å²) in [6, 6.07) is 0. The molecule has 0 spiro atoms. The van der Waals surface area contributed by atoms with Crippen molar-refractivity contribution >= 4 is 7.85 Å². The van der Waals surface area contributed by atoms with Crippen molar-refractivity contribution in [3.63, 3.8) is 0 Å². The van der Waals surface area contributed by atoms with E-state index in [0.717, 1.165) is 6.32 Å². The van der Waals surface area contributed by atoms with Crippen molar-refractivity contribution < 1.29 is 10.2 Å². The van der Waals surface area contributed by atoms with Gasteiger partial charge in [-0.1, -0.05) is 32.5 Å². The third-order valence-corrected chi connectivity index (χ3v) is 2.30. The minimum absolute atomic E-state index is 0.855. The summed E-state index contributed by atoms with van der Waals surface area (Å²) in [6.07, 6.45) is 4.61. The summed E-state index contributed by atoms with van der Waals surface area (Å²) in [5.74, 6) is 0. The number of hydrogen-bond acceptors (Lipinski definition) is 2. The molecule has 0 heterocycles. The third-order valence-electron chi connectivity index (χ3n) is 2.30. The lowest BCUT2D eigenvalue weighted by Gasteiger charge is -2.31. The molecule has 14 heavy (non-hydrogen) atoms. The highest BCUT2D eigenvalue weighted by Gasteiger charge is 2.31. The van der Waals surface area contributed by atoms with Gasteiger partial charge in [-0.2, -0.15) is 0 Å². The quantitative estimate of drug-likeness (QED) is 0.540. The van der Waals surface area contributed by atoms with Crippen LogP contribution >= 0.6 is 0 Å². The van der Waals surface area contributed by atoms with Crippen molar-refractivity contribution in [3.8, 4) is 0 Å². The van der Waals surface area contributed by atoms with Gasteiger partial charge in [0.25, 0.3) is 0 Å². The van der Waals surface area contributed by atoms with Crippen LogP contribution in [0.2, 0.25) is 6.32 Å². The standard InChI is InChI=1S/C6H14O2.C5H11B/c1-5(2,7)6(3,4)8;1-2-3-4-5-6/h7-8H,1-4H3;2-5H2,1H3.